The zero-order valence-corrected chi connectivity index (χ0v) is 17.7. The Hall–Kier alpha value is -3.08. The van der Waals surface area contributed by atoms with Crippen LogP contribution in [0.15, 0.2) is 60.7 Å². The molecular formula is C24H30N4O. The van der Waals surface area contributed by atoms with Crippen molar-refractivity contribution in [3.05, 3.63) is 77.5 Å². The summed E-state index contributed by atoms with van der Waals surface area (Å²) in [6, 6.07) is 20.9. The van der Waals surface area contributed by atoms with Gasteiger partial charge in [0, 0.05) is 30.9 Å². The van der Waals surface area contributed by atoms with Gasteiger partial charge in [-0.25, -0.2) is 4.98 Å². The van der Waals surface area contributed by atoms with Crippen molar-refractivity contribution in [2.24, 2.45) is 0 Å². The molecule has 0 amide bonds. The minimum atomic E-state index is 0.296. The van der Waals surface area contributed by atoms with E-state index in [4.69, 9.17) is 14.7 Å². The molecule has 0 atom stereocenters. The first-order chi connectivity index (χ1) is 14.0. The van der Waals surface area contributed by atoms with Gasteiger partial charge in [-0.1, -0.05) is 42.5 Å². The van der Waals surface area contributed by atoms with E-state index in [0.717, 1.165) is 42.7 Å². The molecule has 0 aliphatic carbocycles. The Morgan fingerprint density at radius 3 is 2.34 bits per heavy atom. The maximum absolute atomic E-state index is 5.22. The molecule has 0 unspecified atom stereocenters. The second-order valence-corrected chi connectivity index (χ2v) is 7.43. The van der Waals surface area contributed by atoms with E-state index in [9.17, 15) is 0 Å². The highest BCUT2D eigenvalue weighted by Crippen LogP contribution is 2.19. The van der Waals surface area contributed by atoms with Crippen molar-refractivity contribution in [1.29, 1.82) is 0 Å². The van der Waals surface area contributed by atoms with Gasteiger partial charge in [-0.3, -0.25) is 0 Å². The summed E-state index contributed by atoms with van der Waals surface area (Å²) in [5, 5.41) is 3.45. The van der Waals surface area contributed by atoms with Gasteiger partial charge in [0.15, 0.2) is 0 Å². The quantitative estimate of drug-likeness (QED) is 0.565. The molecule has 152 valence electrons. The molecule has 3 rings (SSSR count). The van der Waals surface area contributed by atoms with Crippen LogP contribution >= 0.6 is 0 Å². The van der Waals surface area contributed by atoms with Crippen molar-refractivity contribution in [3.63, 3.8) is 0 Å². The molecule has 0 bridgehead atoms. The summed E-state index contributed by atoms with van der Waals surface area (Å²) >= 11 is 0. The molecule has 5 nitrogen and oxygen atoms in total. The first-order valence-electron chi connectivity index (χ1n) is 10.1. The molecule has 0 radical (unpaired) electrons. The maximum atomic E-state index is 5.22. The lowest BCUT2D eigenvalue weighted by Crippen LogP contribution is -2.32. The van der Waals surface area contributed by atoms with E-state index in [1.165, 1.54) is 11.1 Å². The number of ether oxygens (including phenoxy) is 1. The van der Waals surface area contributed by atoms with Crippen LogP contribution in [0.25, 0.3) is 0 Å². The number of hydrogen-bond acceptors (Lipinski definition) is 5. The minimum absolute atomic E-state index is 0.296. The number of aromatic nitrogens is 2. The summed E-state index contributed by atoms with van der Waals surface area (Å²) in [4.78, 5) is 11.7. The smallest absolute Gasteiger partial charge is 0.228 e. The first kappa shape index (κ1) is 20.6. The monoisotopic (exact) mass is 390 g/mol. The van der Waals surface area contributed by atoms with Crippen molar-refractivity contribution in [2.75, 3.05) is 23.9 Å². The van der Waals surface area contributed by atoms with Gasteiger partial charge >= 0.3 is 0 Å². The van der Waals surface area contributed by atoms with E-state index in [-0.39, 0.29) is 0 Å². The van der Waals surface area contributed by atoms with Crippen LogP contribution in [0.2, 0.25) is 0 Å². The van der Waals surface area contributed by atoms with Crippen LogP contribution in [-0.4, -0.2) is 29.7 Å². The normalized spacial score (nSPS) is 10.8. The highest BCUT2D eigenvalue weighted by molar-refractivity contribution is 5.45. The van der Waals surface area contributed by atoms with Crippen LogP contribution in [-0.2, 0) is 13.0 Å². The average molecular weight is 391 g/mol. The number of anilines is 2. The SMILES string of the molecule is COc1ccc(CCNc2cc(C)nc(N(Cc3ccccc3)C(C)C)n2)cc1. The number of aryl methyl sites for hydroxylation is 1. The van der Waals surface area contributed by atoms with E-state index in [0.29, 0.717) is 6.04 Å². The highest BCUT2D eigenvalue weighted by Gasteiger charge is 2.15. The lowest BCUT2D eigenvalue weighted by atomic mass is 10.1. The largest absolute Gasteiger partial charge is 0.497 e. The zero-order chi connectivity index (χ0) is 20.6. The second kappa shape index (κ2) is 9.92. The second-order valence-electron chi connectivity index (χ2n) is 7.43. The molecule has 3 aromatic rings. The third kappa shape index (κ3) is 5.95. The van der Waals surface area contributed by atoms with Gasteiger partial charge in [-0.15, -0.1) is 0 Å². The number of benzene rings is 2. The van der Waals surface area contributed by atoms with Crippen LogP contribution in [0, 0.1) is 6.92 Å². The predicted molar refractivity (Wildman–Crippen MR) is 120 cm³/mol. The lowest BCUT2D eigenvalue weighted by Gasteiger charge is -2.27. The van der Waals surface area contributed by atoms with Crippen LogP contribution < -0.4 is 15.0 Å². The third-order valence-corrected chi connectivity index (χ3v) is 4.80. The molecule has 29 heavy (non-hydrogen) atoms. The van der Waals surface area contributed by atoms with Crippen molar-refractivity contribution in [2.45, 2.75) is 39.8 Å². The molecule has 0 spiro atoms. The fraction of sp³-hybridized carbons (Fsp3) is 0.333. The van der Waals surface area contributed by atoms with Gasteiger partial charge in [0.05, 0.1) is 7.11 Å². The molecule has 0 aliphatic heterocycles. The number of methoxy groups -OCH3 is 1. The molecule has 0 fully saturated rings. The number of nitrogens with one attached hydrogen (secondary N) is 1. The number of hydrogen-bond donors (Lipinski definition) is 1. The summed E-state index contributed by atoms with van der Waals surface area (Å²) < 4.78 is 5.22. The molecule has 1 aromatic heterocycles. The molecule has 0 aliphatic rings. The summed E-state index contributed by atoms with van der Waals surface area (Å²) in [7, 11) is 1.68. The fourth-order valence-corrected chi connectivity index (χ4v) is 3.16. The maximum Gasteiger partial charge on any atom is 0.228 e. The Balaban J connectivity index is 1.68. The summed E-state index contributed by atoms with van der Waals surface area (Å²) in [5.74, 6) is 2.50. The topological polar surface area (TPSA) is 50.3 Å². The average Bonchev–Trinajstić information content (AvgIpc) is 2.72. The van der Waals surface area contributed by atoms with Gasteiger partial charge in [0.1, 0.15) is 11.6 Å². The van der Waals surface area contributed by atoms with Crippen LogP contribution in [0.5, 0.6) is 5.75 Å². The third-order valence-electron chi connectivity index (χ3n) is 4.80. The fourth-order valence-electron chi connectivity index (χ4n) is 3.16. The number of rotatable bonds is 9. The molecule has 5 heteroatoms. The lowest BCUT2D eigenvalue weighted by molar-refractivity contribution is 0.414. The molecule has 0 saturated carbocycles. The Labute approximate surface area is 173 Å². The Morgan fingerprint density at radius 1 is 0.966 bits per heavy atom. The molecular weight excluding hydrogens is 360 g/mol. The standard InChI is InChI=1S/C24H30N4O/c1-18(2)28(17-21-8-6-5-7-9-21)24-26-19(3)16-23(27-24)25-15-14-20-10-12-22(29-4)13-11-20/h5-13,16,18H,14-15,17H2,1-4H3,(H,25,26,27). The van der Waals surface area contributed by atoms with Crippen molar-refractivity contribution < 1.29 is 4.74 Å². The van der Waals surface area contributed by atoms with Crippen molar-refractivity contribution in [1.82, 2.24) is 9.97 Å². The van der Waals surface area contributed by atoms with E-state index in [1.807, 2.05) is 31.2 Å². The highest BCUT2D eigenvalue weighted by atomic mass is 16.5. The van der Waals surface area contributed by atoms with E-state index in [2.05, 4.69) is 60.5 Å². The Kier molecular flexibility index (Phi) is 7.06. The van der Waals surface area contributed by atoms with Gasteiger partial charge in [0.2, 0.25) is 5.95 Å². The van der Waals surface area contributed by atoms with Gasteiger partial charge in [0.25, 0.3) is 0 Å². The summed E-state index contributed by atoms with van der Waals surface area (Å²) in [5.41, 5.74) is 3.47. The van der Waals surface area contributed by atoms with Gasteiger partial charge in [-0.2, -0.15) is 4.98 Å². The van der Waals surface area contributed by atoms with Gasteiger partial charge < -0.3 is 15.0 Å². The van der Waals surface area contributed by atoms with Crippen molar-refractivity contribution in [3.8, 4) is 5.75 Å². The minimum Gasteiger partial charge on any atom is -0.497 e. The van der Waals surface area contributed by atoms with E-state index < -0.39 is 0 Å². The van der Waals surface area contributed by atoms with Crippen LogP contribution in [0.1, 0.15) is 30.7 Å². The van der Waals surface area contributed by atoms with Crippen LogP contribution in [0.4, 0.5) is 11.8 Å². The van der Waals surface area contributed by atoms with E-state index in [1.54, 1.807) is 7.11 Å². The van der Waals surface area contributed by atoms with Crippen molar-refractivity contribution >= 4 is 11.8 Å². The number of nitrogens with zero attached hydrogens (tertiary/aromatic N) is 3. The Morgan fingerprint density at radius 2 is 1.69 bits per heavy atom. The summed E-state index contributed by atoms with van der Waals surface area (Å²) in [6.07, 6.45) is 0.917. The molecule has 2 aromatic carbocycles. The first-order valence-corrected chi connectivity index (χ1v) is 10.1. The molecule has 1 heterocycles. The predicted octanol–water partition coefficient (Wildman–Crippen LogP) is 4.86. The van der Waals surface area contributed by atoms with Crippen LogP contribution in [0.3, 0.4) is 0 Å². The van der Waals surface area contributed by atoms with Gasteiger partial charge in [-0.05, 0) is 50.5 Å². The molecule has 0 saturated heterocycles. The zero-order valence-electron chi connectivity index (χ0n) is 17.7. The Bertz CT molecular complexity index is 895. The summed E-state index contributed by atoms with van der Waals surface area (Å²) in [6.45, 7) is 7.95. The van der Waals surface area contributed by atoms with E-state index >= 15 is 0 Å². The molecule has 1 N–H and O–H groups in total.